The van der Waals surface area contributed by atoms with Gasteiger partial charge in [0, 0.05) is 44.2 Å². The zero-order chi connectivity index (χ0) is 22.0. The van der Waals surface area contributed by atoms with E-state index in [2.05, 4.69) is 22.0 Å². The van der Waals surface area contributed by atoms with Crippen LogP contribution in [0.5, 0.6) is 0 Å². The molecule has 2 aliphatic heterocycles. The number of piperidine rings is 1. The SMILES string of the molecule is CC(C)(C)OC(=O)N1CCCC(c2nc3c(c(=O)[nH]2)CCN(Cc2ccccc2)C3)C1. The van der Waals surface area contributed by atoms with Gasteiger partial charge in [-0.1, -0.05) is 30.3 Å². The van der Waals surface area contributed by atoms with Gasteiger partial charge in [0.2, 0.25) is 0 Å². The van der Waals surface area contributed by atoms with Crippen LogP contribution < -0.4 is 5.56 Å². The number of nitrogens with zero attached hydrogens (tertiary/aromatic N) is 3. The quantitative estimate of drug-likeness (QED) is 0.817. The van der Waals surface area contributed by atoms with E-state index < -0.39 is 5.60 Å². The first-order chi connectivity index (χ1) is 14.8. The molecule has 1 saturated heterocycles. The smallest absolute Gasteiger partial charge is 0.410 e. The average molecular weight is 425 g/mol. The van der Waals surface area contributed by atoms with E-state index in [0.717, 1.165) is 37.2 Å². The minimum Gasteiger partial charge on any atom is -0.444 e. The number of benzene rings is 1. The molecular formula is C24H32N4O3. The van der Waals surface area contributed by atoms with Crippen molar-refractivity contribution in [3.05, 3.63) is 63.3 Å². The number of carbonyl (C=O) groups is 1. The maximum absolute atomic E-state index is 12.8. The molecule has 1 amide bonds. The van der Waals surface area contributed by atoms with Crippen LogP contribution in [0.15, 0.2) is 35.1 Å². The largest absolute Gasteiger partial charge is 0.444 e. The molecular weight excluding hydrogens is 392 g/mol. The Hall–Kier alpha value is -2.67. The van der Waals surface area contributed by atoms with Crippen molar-refractivity contribution in [3.63, 3.8) is 0 Å². The highest BCUT2D eigenvalue weighted by Gasteiger charge is 2.30. The molecule has 2 aromatic rings. The first-order valence-electron chi connectivity index (χ1n) is 11.1. The van der Waals surface area contributed by atoms with Gasteiger partial charge in [-0.3, -0.25) is 9.69 Å². The maximum atomic E-state index is 12.8. The van der Waals surface area contributed by atoms with Crippen LogP contribution in [0, 0.1) is 0 Å². The Balaban J connectivity index is 1.49. The monoisotopic (exact) mass is 424 g/mol. The van der Waals surface area contributed by atoms with E-state index >= 15 is 0 Å². The second-order valence-electron chi connectivity index (χ2n) is 9.59. The number of nitrogens with one attached hydrogen (secondary N) is 1. The number of fused-ring (bicyclic) bond motifs is 1. The molecule has 7 nitrogen and oxygen atoms in total. The molecule has 1 fully saturated rings. The van der Waals surface area contributed by atoms with E-state index in [1.54, 1.807) is 4.90 Å². The number of aromatic nitrogens is 2. The maximum Gasteiger partial charge on any atom is 0.410 e. The van der Waals surface area contributed by atoms with Gasteiger partial charge in [-0.15, -0.1) is 0 Å². The summed E-state index contributed by atoms with van der Waals surface area (Å²) in [5.41, 5.74) is 2.37. The predicted molar refractivity (Wildman–Crippen MR) is 119 cm³/mol. The lowest BCUT2D eigenvalue weighted by molar-refractivity contribution is 0.0195. The van der Waals surface area contributed by atoms with Crippen LogP contribution >= 0.6 is 0 Å². The summed E-state index contributed by atoms with van der Waals surface area (Å²) < 4.78 is 5.53. The summed E-state index contributed by atoms with van der Waals surface area (Å²) in [5.74, 6) is 0.710. The molecule has 0 saturated carbocycles. The van der Waals surface area contributed by atoms with Gasteiger partial charge in [0.15, 0.2) is 0 Å². The number of ether oxygens (including phenoxy) is 1. The second kappa shape index (κ2) is 8.83. The van der Waals surface area contributed by atoms with Crippen molar-refractivity contribution in [3.8, 4) is 0 Å². The highest BCUT2D eigenvalue weighted by Crippen LogP contribution is 2.26. The first-order valence-corrected chi connectivity index (χ1v) is 11.1. The Morgan fingerprint density at radius 1 is 1.23 bits per heavy atom. The molecule has 166 valence electrons. The third-order valence-electron chi connectivity index (χ3n) is 5.88. The van der Waals surface area contributed by atoms with Crippen molar-refractivity contribution in [2.24, 2.45) is 0 Å². The highest BCUT2D eigenvalue weighted by atomic mass is 16.6. The summed E-state index contributed by atoms with van der Waals surface area (Å²) in [7, 11) is 0. The zero-order valence-corrected chi connectivity index (χ0v) is 18.7. The molecule has 1 aromatic carbocycles. The third kappa shape index (κ3) is 5.34. The number of likely N-dealkylation sites (tertiary alicyclic amines) is 1. The Bertz CT molecular complexity index is 981. The fourth-order valence-corrected chi connectivity index (χ4v) is 4.38. The average Bonchev–Trinajstić information content (AvgIpc) is 2.73. The van der Waals surface area contributed by atoms with Crippen LogP contribution in [0.25, 0.3) is 0 Å². The lowest BCUT2D eigenvalue weighted by atomic mass is 9.96. The zero-order valence-electron chi connectivity index (χ0n) is 18.7. The molecule has 2 aliphatic rings. The van der Waals surface area contributed by atoms with Crippen LogP contribution in [0.2, 0.25) is 0 Å². The summed E-state index contributed by atoms with van der Waals surface area (Å²) in [6, 6.07) is 10.4. The number of hydrogen-bond donors (Lipinski definition) is 1. The Kier molecular flexibility index (Phi) is 6.14. The van der Waals surface area contributed by atoms with E-state index in [1.165, 1.54) is 5.56 Å². The molecule has 7 heteroatoms. The fourth-order valence-electron chi connectivity index (χ4n) is 4.38. The summed E-state index contributed by atoms with van der Waals surface area (Å²) in [4.78, 5) is 37.3. The van der Waals surface area contributed by atoms with Crippen molar-refractivity contribution in [2.75, 3.05) is 19.6 Å². The summed E-state index contributed by atoms with van der Waals surface area (Å²) in [6.07, 6.45) is 2.17. The normalized spacial score (nSPS) is 19.7. The van der Waals surface area contributed by atoms with Gasteiger partial charge in [-0.2, -0.15) is 0 Å². The van der Waals surface area contributed by atoms with Gasteiger partial charge < -0.3 is 14.6 Å². The van der Waals surface area contributed by atoms with Crippen molar-refractivity contribution < 1.29 is 9.53 Å². The van der Waals surface area contributed by atoms with Gasteiger partial charge in [0.25, 0.3) is 5.56 Å². The van der Waals surface area contributed by atoms with Crippen LogP contribution in [0.4, 0.5) is 4.79 Å². The summed E-state index contributed by atoms with van der Waals surface area (Å²) in [5, 5.41) is 0. The van der Waals surface area contributed by atoms with Crippen molar-refractivity contribution in [2.45, 2.75) is 64.6 Å². The van der Waals surface area contributed by atoms with Crippen LogP contribution in [-0.2, 0) is 24.2 Å². The van der Waals surface area contributed by atoms with Gasteiger partial charge in [-0.25, -0.2) is 9.78 Å². The first kappa shape index (κ1) is 21.6. The highest BCUT2D eigenvalue weighted by molar-refractivity contribution is 5.68. The van der Waals surface area contributed by atoms with E-state index in [-0.39, 0.29) is 17.6 Å². The van der Waals surface area contributed by atoms with Crippen LogP contribution in [0.1, 0.15) is 62.2 Å². The van der Waals surface area contributed by atoms with E-state index in [4.69, 9.17) is 9.72 Å². The Morgan fingerprint density at radius 3 is 2.74 bits per heavy atom. The third-order valence-corrected chi connectivity index (χ3v) is 5.88. The number of carbonyl (C=O) groups excluding carboxylic acids is 1. The van der Waals surface area contributed by atoms with E-state index in [9.17, 15) is 9.59 Å². The molecule has 0 aliphatic carbocycles. The molecule has 31 heavy (non-hydrogen) atoms. The number of H-pyrrole nitrogens is 1. The molecule has 1 aromatic heterocycles. The molecule has 1 atom stereocenters. The fraction of sp³-hybridized carbons (Fsp3) is 0.542. The topological polar surface area (TPSA) is 78.5 Å². The lowest BCUT2D eigenvalue weighted by Crippen LogP contribution is -2.43. The minimum atomic E-state index is -0.523. The predicted octanol–water partition coefficient (Wildman–Crippen LogP) is 3.44. The molecule has 0 radical (unpaired) electrons. The van der Waals surface area contributed by atoms with E-state index in [1.807, 2.05) is 39.0 Å². The van der Waals surface area contributed by atoms with Crippen LogP contribution in [0.3, 0.4) is 0 Å². The van der Waals surface area contributed by atoms with Crippen molar-refractivity contribution in [1.82, 2.24) is 19.8 Å². The van der Waals surface area contributed by atoms with Crippen LogP contribution in [-0.4, -0.2) is 51.1 Å². The number of aromatic amines is 1. The second-order valence-corrected chi connectivity index (χ2v) is 9.59. The number of amides is 1. The van der Waals surface area contributed by atoms with E-state index in [0.29, 0.717) is 31.9 Å². The Labute approximate surface area is 183 Å². The van der Waals surface area contributed by atoms with Gasteiger partial charge >= 0.3 is 6.09 Å². The Morgan fingerprint density at radius 2 is 2.00 bits per heavy atom. The molecule has 0 bridgehead atoms. The van der Waals surface area contributed by atoms with Crippen molar-refractivity contribution >= 4 is 6.09 Å². The molecule has 3 heterocycles. The molecule has 1 N–H and O–H groups in total. The summed E-state index contributed by atoms with van der Waals surface area (Å²) in [6.45, 7) is 9.17. The molecule has 0 spiro atoms. The molecule has 1 unspecified atom stereocenters. The summed E-state index contributed by atoms with van der Waals surface area (Å²) >= 11 is 0. The minimum absolute atomic E-state index is 0.0174. The number of hydrogen-bond acceptors (Lipinski definition) is 5. The van der Waals surface area contributed by atoms with Crippen molar-refractivity contribution in [1.29, 1.82) is 0 Å². The van der Waals surface area contributed by atoms with Gasteiger partial charge in [0.05, 0.1) is 5.69 Å². The van der Waals surface area contributed by atoms with Gasteiger partial charge in [-0.05, 0) is 45.6 Å². The van der Waals surface area contributed by atoms with Gasteiger partial charge in [0.1, 0.15) is 11.4 Å². The molecule has 4 rings (SSSR count). The lowest BCUT2D eigenvalue weighted by Gasteiger charge is -2.34. The number of rotatable bonds is 3. The standard InChI is InChI=1S/C24H32N4O3/c1-24(2,3)31-23(30)28-12-7-10-18(15-28)21-25-20-16-27(13-11-19(20)22(29)26-21)14-17-8-5-4-6-9-17/h4-6,8-9,18H,7,10-16H2,1-3H3,(H,25,26,29).